The van der Waals surface area contributed by atoms with Crippen LogP contribution in [0, 0.1) is 0 Å². The highest BCUT2D eigenvalue weighted by atomic mass is 35.5. The molecule has 84 valence electrons. The number of halogens is 1. The van der Waals surface area contributed by atoms with Crippen LogP contribution in [0.3, 0.4) is 0 Å². The lowest BCUT2D eigenvalue weighted by molar-refractivity contribution is 0.251. The third-order valence-corrected chi connectivity index (χ3v) is 3.37. The molecule has 0 aromatic carbocycles. The highest BCUT2D eigenvalue weighted by molar-refractivity contribution is 6.18. The van der Waals surface area contributed by atoms with Crippen molar-refractivity contribution in [2.24, 2.45) is 0 Å². The van der Waals surface area contributed by atoms with Crippen LogP contribution in [0.2, 0.25) is 0 Å². The molecule has 2 rings (SSSR count). The quantitative estimate of drug-likeness (QED) is 0.733. The van der Waals surface area contributed by atoms with Gasteiger partial charge < -0.3 is 0 Å². The van der Waals surface area contributed by atoms with Gasteiger partial charge >= 0.3 is 0 Å². The highest BCUT2D eigenvalue weighted by Gasteiger charge is 2.24. The maximum atomic E-state index is 5.93. The number of nitrogens with zero attached hydrogens (tertiary/aromatic N) is 4. The van der Waals surface area contributed by atoms with Crippen LogP contribution in [0.25, 0.3) is 0 Å². The van der Waals surface area contributed by atoms with Crippen molar-refractivity contribution in [1.29, 1.82) is 0 Å². The largest absolute Gasteiger partial charge is 0.292 e. The van der Waals surface area contributed by atoms with Crippen LogP contribution < -0.4 is 0 Å². The van der Waals surface area contributed by atoms with Crippen molar-refractivity contribution in [1.82, 2.24) is 19.7 Å². The van der Waals surface area contributed by atoms with E-state index in [9.17, 15) is 0 Å². The number of hydrogen-bond donors (Lipinski definition) is 0. The normalized spacial score (nSPS) is 22.4. The number of rotatable bonds is 4. The van der Waals surface area contributed by atoms with Crippen LogP contribution in [0.4, 0.5) is 0 Å². The lowest BCUT2D eigenvalue weighted by Gasteiger charge is -2.21. The fourth-order valence-electron chi connectivity index (χ4n) is 2.13. The van der Waals surface area contributed by atoms with Crippen LogP contribution in [0.1, 0.15) is 25.6 Å². The van der Waals surface area contributed by atoms with Gasteiger partial charge in [0.2, 0.25) is 0 Å². The average molecular weight is 229 g/mol. The standard InChI is InChI=1S/C10H17ClN4/c1-2-15-10(12-8-13-15)7-14-5-3-4-9(14)6-11/h8-9H,2-7H2,1H3. The summed E-state index contributed by atoms with van der Waals surface area (Å²) < 4.78 is 1.95. The van der Waals surface area contributed by atoms with Gasteiger partial charge in [0.05, 0.1) is 6.54 Å². The number of likely N-dealkylation sites (tertiary alicyclic amines) is 1. The van der Waals surface area contributed by atoms with Crippen molar-refractivity contribution < 1.29 is 0 Å². The molecule has 0 aliphatic carbocycles. The first-order valence-corrected chi connectivity index (χ1v) is 6.05. The predicted octanol–water partition coefficient (Wildman–Crippen LogP) is 1.50. The van der Waals surface area contributed by atoms with E-state index in [1.165, 1.54) is 12.8 Å². The zero-order valence-electron chi connectivity index (χ0n) is 9.06. The Hall–Kier alpha value is -0.610. The van der Waals surface area contributed by atoms with Gasteiger partial charge in [-0.3, -0.25) is 4.90 Å². The van der Waals surface area contributed by atoms with Crippen molar-refractivity contribution in [2.45, 2.75) is 38.9 Å². The summed E-state index contributed by atoms with van der Waals surface area (Å²) in [6.07, 6.45) is 4.09. The molecule has 0 bridgehead atoms. The molecule has 0 N–H and O–H groups in total. The molecule has 15 heavy (non-hydrogen) atoms. The molecular weight excluding hydrogens is 212 g/mol. The summed E-state index contributed by atoms with van der Waals surface area (Å²) in [5.41, 5.74) is 0. The summed E-state index contributed by atoms with van der Waals surface area (Å²) in [7, 11) is 0. The molecule has 5 heteroatoms. The summed E-state index contributed by atoms with van der Waals surface area (Å²) >= 11 is 5.93. The summed E-state index contributed by atoms with van der Waals surface area (Å²) in [6.45, 7) is 4.98. The second kappa shape index (κ2) is 4.94. The Kier molecular flexibility index (Phi) is 3.59. The van der Waals surface area contributed by atoms with Gasteiger partial charge in [-0.1, -0.05) is 0 Å². The Morgan fingerprint density at radius 1 is 1.60 bits per heavy atom. The first kappa shape index (κ1) is 10.9. The smallest absolute Gasteiger partial charge is 0.141 e. The maximum absolute atomic E-state index is 5.93. The average Bonchev–Trinajstić information content (AvgIpc) is 2.87. The van der Waals surface area contributed by atoms with Crippen molar-refractivity contribution >= 4 is 11.6 Å². The Labute approximate surface area is 95.2 Å². The first-order valence-electron chi connectivity index (χ1n) is 5.51. The topological polar surface area (TPSA) is 34.0 Å². The van der Waals surface area contributed by atoms with Crippen molar-refractivity contribution in [2.75, 3.05) is 12.4 Å². The molecular formula is C10H17ClN4. The third-order valence-electron chi connectivity index (χ3n) is 3.02. The molecule has 1 fully saturated rings. The van der Waals surface area contributed by atoms with E-state index in [1.54, 1.807) is 6.33 Å². The fraction of sp³-hybridized carbons (Fsp3) is 0.800. The molecule has 0 saturated carbocycles. The molecule has 1 aromatic heterocycles. The van der Waals surface area contributed by atoms with Crippen LogP contribution in [-0.4, -0.2) is 38.1 Å². The summed E-state index contributed by atoms with van der Waals surface area (Å²) in [4.78, 5) is 6.69. The lowest BCUT2D eigenvalue weighted by Crippen LogP contribution is -2.31. The SMILES string of the molecule is CCn1ncnc1CN1CCCC1CCl. The van der Waals surface area contributed by atoms with Gasteiger partial charge in [0, 0.05) is 18.5 Å². The van der Waals surface area contributed by atoms with Crippen molar-refractivity contribution in [3.8, 4) is 0 Å². The van der Waals surface area contributed by atoms with Gasteiger partial charge in [0.15, 0.2) is 0 Å². The van der Waals surface area contributed by atoms with Crippen LogP contribution in [-0.2, 0) is 13.1 Å². The van der Waals surface area contributed by atoms with Gasteiger partial charge in [0.1, 0.15) is 12.2 Å². The third kappa shape index (κ3) is 2.32. The van der Waals surface area contributed by atoms with Gasteiger partial charge in [-0.2, -0.15) is 5.10 Å². The predicted molar refractivity (Wildman–Crippen MR) is 59.8 cm³/mol. The Balaban J connectivity index is 2.01. The Bertz CT molecular complexity index is 312. The molecule has 1 aromatic rings. The van der Waals surface area contributed by atoms with E-state index in [0.29, 0.717) is 6.04 Å². The van der Waals surface area contributed by atoms with Gasteiger partial charge in [0.25, 0.3) is 0 Å². The molecule has 0 amide bonds. The van der Waals surface area contributed by atoms with E-state index in [4.69, 9.17) is 11.6 Å². The van der Waals surface area contributed by atoms with Gasteiger partial charge in [-0.05, 0) is 26.3 Å². The summed E-state index contributed by atoms with van der Waals surface area (Å²) in [6, 6.07) is 0.522. The van der Waals surface area contributed by atoms with E-state index in [2.05, 4.69) is 21.9 Å². The van der Waals surface area contributed by atoms with Gasteiger partial charge in [-0.25, -0.2) is 9.67 Å². The molecule has 1 atom stereocenters. The molecule has 1 unspecified atom stereocenters. The molecule has 0 spiro atoms. The lowest BCUT2D eigenvalue weighted by atomic mass is 10.2. The van der Waals surface area contributed by atoms with Crippen molar-refractivity contribution in [3.05, 3.63) is 12.2 Å². The minimum atomic E-state index is 0.522. The Morgan fingerprint density at radius 3 is 3.20 bits per heavy atom. The highest BCUT2D eigenvalue weighted by Crippen LogP contribution is 2.20. The second-order valence-corrected chi connectivity index (χ2v) is 4.22. The van der Waals surface area contributed by atoms with Crippen LogP contribution >= 0.6 is 11.6 Å². The van der Waals surface area contributed by atoms with Gasteiger partial charge in [-0.15, -0.1) is 11.6 Å². The zero-order chi connectivity index (χ0) is 10.7. The first-order chi connectivity index (χ1) is 7.35. The van der Waals surface area contributed by atoms with Crippen LogP contribution in [0.15, 0.2) is 6.33 Å². The summed E-state index contributed by atoms with van der Waals surface area (Å²) in [5.74, 6) is 1.77. The second-order valence-electron chi connectivity index (χ2n) is 3.91. The van der Waals surface area contributed by atoms with E-state index >= 15 is 0 Å². The van der Waals surface area contributed by atoms with E-state index in [1.807, 2.05) is 4.68 Å². The van der Waals surface area contributed by atoms with E-state index < -0.39 is 0 Å². The number of alkyl halides is 1. The minimum absolute atomic E-state index is 0.522. The monoisotopic (exact) mass is 228 g/mol. The molecule has 2 heterocycles. The maximum Gasteiger partial charge on any atom is 0.141 e. The van der Waals surface area contributed by atoms with Crippen LogP contribution in [0.5, 0.6) is 0 Å². The van der Waals surface area contributed by atoms with E-state index in [0.717, 1.165) is 31.3 Å². The molecule has 0 radical (unpaired) electrons. The zero-order valence-corrected chi connectivity index (χ0v) is 9.82. The van der Waals surface area contributed by atoms with E-state index in [-0.39, 0.29) is 0 Å². The molecule has 4 nitrogen and oxygen atoms in total. The molecule has 1 saturated heterocycles. The Morgan fingerprint density at radius 2 is 2.47 bits per heavy atom. The molecule has 1 aliphatic rings. The fourth-order valence-corrected chi connectivity index (χ4v) is 2.48. The van der Waals surface area contributed by atoms with Crippen molar-refractivity contribution in [3.63, 3.8) is 0 Å². The number of aryl methyl sites for hydroxylation is 1. The number of hydrogen-bond acceptors (Lipinski definition) is 3. The summed E-state index contributed by atoms with van der Waals surface area (Å²) in [5, 5.41) is 4.17. The molecule has 1 aliphatic heterocycles. The minimum Gasteiger partial charge on any atom is -0.292 e. The number of aromatic nitrogens is 3.